The Morgan fingerprint density at radius 2 is 2.05 bits per heavy atom. The van der Waals surface area contributed by atoms with E-state index in [0.717, 1.165) is 25.4 Å². The zero-order chi connectivity index (χ0) is 14.3. The Bertz CT molecular complexity index is 377. The summed E-state index contributed by atoms with van der Waals surface area (Å²) in [7, 11) is 5.90. The molecule has 1 rings (SSSR count). The van der Waals surface area contributed by atoms with Gasteiger partial charge in [0.05, 0.1) is 7.11 Å². The monoisotopic (exact) mass is 264 g/mol. The fourth-order valence-corrected chi connectivity index (χ4v) is 2.18. The highest BCUT2D eigenvalue weighted by atomic mass is 16.5. The maximum Gasteiger partial charge on any atom is 0.123 e. The minimum atomic E-state index is 0.555. The average Bonchev–Trinajstić information content (AvgIpc) is 2.38. The van der Waals surface area contributed by atoms with Crippen molar-refractivity contribution in [3.05, 3.63) is 29.3 Å². The summed E-state index contributed by atoms with van der Waals surface area (Å²) in [5, 5.41) is 3.18. The summed E-state index contributed by atoms with van der Waals surface area (Å²) in [6.45, 7) is 7.54. The molecule has 0 amide bonds. The quantitative estimate of drug-likeness (QED) is 0.731. The molecule has 0 bridgehead atoms. The first-order valence-electron chi connectivity index (χ1n) is 7.08. The number of methoxy groups -OCH3 is 1. The lowest BCUT2D eigenvalue weighted by Crippen LogP contribution is -2.22. The summed E-state index contributed by atoms with van der Waals surface area (Å²) >= 11 is 0. The molecule has 0 atom stereocenters. The van der Waals surface area contributed by atoms with Crippen LogP contribution in [0.25, 0.3) is 0 Å². The fraction of sp³-hybridized carbons (Fsp3) is 0.625. The van der Waals surface area contributed by atoms with Crippen LogP contribution in [0.5, 0.6) is 5.75 Å². The van der Waals surface area contributed by atoms with Gasteiger partial charge in [-0.1, -0.05) is 26.0 Å². The molecule has 3 nitrogen and oxygen atoms in total. The summed E-state index contributed by atoms with van der Waals surface area (Å²) in [6, 6.07) is 6.53. The lowest BCUT2D eigenvalue weighted by atomic mass is 10.00. The van der Waals surface area contributed by atoms with Crippen LogP contribution >= 0.6 is 0 Å². The maximum atomic E-state index is 5.47. The molecule has 0 saturated carbocycles. The largest absolute Gasteiger partial charge is 0.496 e. The van der Waals surface area contributed by atoms with Crippen molar-refractivity contribution < 1.29 is 4.74 Å². The van der Waals surface area contributed by atoms with Gasteiger partial charge in [0.2, 0.25) is 0 Å². The third-order valence-electron chi connectivity index (χ3n) is 3.38. The molecule has 3 heteroatoms. The molecule has 0 heterocycles. The molecule has 0 unspecified atom stereocenters. The van der Waals surface area contributed by atoms with Gasteiger partial charge in [-0.3, -0.25) is 0 Å². The van der Waals surface area contributed by atoms with Gasteiger partial charge in [0, 0.05) is 12.1 Å². The normalized spacial score (nSPS) is 11.3. The predicted molar refractivity (Wildman–Crippen MR) is 82.0 cm³/mol. The molecule has 0 fully saturated rings. The van der Waals surface area contributed by atoms with Crippen LogP contribution in [-0.2, 0) is 6.54 Å². The highest BCUT2D eigenvalue weighted by Gasteiger charge is 2.09. The van der Waals surface area contributed by atoms with E-state index in [1.54, 1.807) is 7.11 Å². The van der Waals surface area contributed by atoms with E-state index in [-0.39, 0.29) is 0 Å². The topological polar surface area (TPSA) is 24.5 Å². The molecular weight excluding hydrogens is 236 g/mol. The van der Waals surface area contributed by atoms with Crippen molar-refractivity contribution in [2.75, 3.05) is 34.3 Å². The van der Waals surface area contributed by atoms with E-state index < -0.39 is 0 Å². The first kappa shape index (κ1) is 16.0. The Hall–Kier alpha value is -1.06. The lowest BCUT2D eigenvalue weighted by Gasteiger charge is -2.19. The lowest BCUT2D eigenvalue weighted by molar-refractivity contribution is 0.312. The molecule has 108 valence electrons. The summed E-state index contributed by atoms with van der Waals surface area (Å²) in [5.74, 6) is 1.55. The van der Waals surface area contributed by atoms with Crippen molar-refractivity contribution >= 4 is 0 Å². The molecule has 0 aliphatic rings. The van der Waals surface area contributed by atoms with Crippen molar-refractivity contribution in [2.24, 2.45) is 0 Å². The van der Waals surface area contributed by atoms with Crippen LogP contribution in [0.4, 0.5) is 0 Å². The van der Waals surface area contributed by atoms with Gasteiger partial charge in [-0.25, -0.2) is 0 Å². The number of ether oxygens (including phenoxy) is 1. The van der Waals surface area contributed by atoms with Crippen molar-refractivity contribution in [1.82, 2.24) is 10.2 Å². The second-order valence-corrected chi connectivity index (χ2v) is 5.42. The highest BCUT2D eigenvalue weighted by Crippen LogP contribution is 2.25. The summed E-state index contributed by atoms with van der Waals surface area (Å²) in [4.78, 5) is 2.35. The summed E-state index contributed by atoms with van der Waals surface area (Å²) < 4.78 is 5.47. The van der Waals surface area contributed by atoms with Gasteiger partial charge in [0.1, 0.15) is 5.75 Å². The Labute approximate surface area is 118 Å². The molecule has 0 saturated heterocycles. The Morgan fingerprint density at radius 1 is 1.32 bits per heavy atom. The number of hydrogen-bond donors (Lipinski definition) is 1. The molecule has 0 radical (unpaired) electrons. The molecule has 0 aliphatic carbocycles. The molecule has 0 aromatic heterocycles. The van der Waals surface area contributed by atoms with Crippen LogP contribution in [0.3, 0.4) is 0 Å². The minimum absolute atomic E-state index is 0.555. The maximum absolute atomic E-state index is 5.47. The second-order valence-electron chi connectivity index (χ2n) is 5.42. The Kier molecular flexibility index (Phi) is 6.89. The van der Waals surface area contributed by atoms with E-state index in [9.17, 15) is 0 Å². The molecule has 0 aliphatic heterocycles. The highest BCUT2D eigenvalue weighted by molar-refractivity contribution is 5.38. The molecule has 1 N–H and O–H groups in total. The van der Waals surface area contributed by atoms with E-state index in [0.29, 0.717) is 5.92 Å². The molecule has 1 aromatic rings. The number of hydrogen-bond acceptors (Lipinski definition) is 3. The minimum Gasteiger partial charge on any atom is -0.496 e. The van der Waals surface area contributed by atoms with Crippen LogP contribution in [0.1, 0.15) is 37.3 Å². The third kappa shape index (κ3) is 5.21. The predicted octanol–water partition coefficient (Wildman–Crippen LogP) is 2.86. The van der Waals surface area contributed by atoms with Gasteiger partial charge >= 0.3 is 0 Å². The van der Waals surface area contributed by atoms with Crippen molar-refractivity contribution in [3.63, 3.8) is 0 Å². The zero-order valence-corrected chi connectivity index (χ0v) is 13.0. The van der Waals surface area contributed by atoms with Crippen LogP contribution in [-0.4, -0.2) is 39.2 Å². The van der Waals surface area contributed by atoms with Gasteiger partial charge in [-0.15, -0.1) is 0 Å². The van der Waals surface area contributed by atoms with Crippen molar-refractivity contribution in [2.45, 2.75) is 32.7 Å². The summed E-state index contributed by atoms with van der Waals surface area (Å²) in [5.41, 5.74) is 2.65. The van der Waals surface area contributed by atoms with Crippen molar-refractivity contribution in [3.8, 4) is 5.75 Å². The molecule has 19 heavy (non-hydrogen) atoms. The fourth-order valence-electron chi connectivity index (χ4n) is 2.18. The van der Waals surface area contributed by atoms with E-state index >= 15 is 0 Å². The van der Waals surface area contributed by atoms with E-state index in [4.69, 9.17) is 4.74 Å². The Balaban J connectivity index is 2.71. The average molecular weight is 264 g/mol. The first-order valence-corrected chi connectivity index (χ1v) is 7.08. The van der Waals surface area contributed by atoms with E-state index in [1.165, 1.54) is 17.5 Å². The SMILES string of the molecule is CNCCCN(C)Cc1cc(C(C)C)ccc1OC. The molecule has 0 spiro atoms. The molecular formula is C16H28N2O. The van der Waals surface area contributed by atoms with Gasteiger partial charge in [-0.05, 0) is 51.2 Å². The van der Waals surface area contributed by atoms with Crippen molar-refractivity contribution in [1.29, 1.82) is 0 Å². The number of rotatable bonds is 8. The van der Waals surface area contributed by atoms with Crippen LogP contribution in [0.15, 0.2) is 18.2 Å². The van der Waals surface area contributed by atoms with Gasteiger partial charge in [0.15, 0.2) is 0 Å². The zero-order valence-electron chi connectivity index (χ0n) is 13.0. The number of nitrogens with zero attached hydrogens (tertiary/aromatic N) is 1. The van der Waals surface area contributed by atoms with E-state index in [2.05, 4.69) is 49.3 Å². The number of nitrogens with one attached hydrogen (secondary N) is 1. The second kappa shape index (κ2) is 8.18. The van der Waals surface area contributed by atoms with Crippen LogP contribution < -0.4 is 10.1 Å². The van der Waals surface area contributed by atoms with Crippen LogP contribution in [0, 0.1) is 0 Å². The van der Waals surface area contributed by atoms with Gasteiger partial charge in [-0.2, -0.15) is 0 Å². The van der Waals surface area contributed by atoms with E-state index in [1.807, 2.05) is 7.05 Å². The standard InChI is InChI=1S/C16H28N2O/c1-13(2)14-7-8-16(19-5)15(11-14)12-18(4)10-6-9-17-3/h7-8,11,13,17H,6,9-10,12H2,1-5H3. The smallest absolute Gasteiger partial charge is 0.123 e. The third-order valence-corrected chi connectivity index (χ3v) is 3.38. The summed E-state index contributed by atoms with van der Waals surface area (Å²) in [6.07, 6.45) is 1.17. The molecule has 1 aromatic carbocycles. The Morgan fingerprint density at radius 3 is 2.63 bits per heavy atom. The van der Waals surface area contributed by atoms with Gasteiger partial charge < -0.3 is 15.0 Å². The van der Waals surface area contributed by atoms with Crippen LogP contribution in [0.2, 0.25) is 0 Å². The first-order chi connectivity index (χ1) is 9.08. The number of benzene rings is 1. The van der Waals surface area contributed by atoms with Gasteiger partial charge in [0.25, 0.3) is 0 Å².